The van der Waals surface area contributed by atoms with Crippen molar-refractivity contribution < 1.29 is 4.74 Å². The van der Waals surface area contributed by atoms with Crippen molar-refractivity contribution in [3.63, 3.8) is 0 Å². The van der Waals surface area contributed by atoms with Gasteiger partial charge in [0.15, 0.2) is 0 Å². The standard InChI is InChI=1S/C14H16IN5O/c1-3-9-16-12-18-13(20-14(19-12)21-4-2)17-11-7-5-10(15)6-8-11/h3,5-8H,1,4,9H2,2H3,(H2,16,17,18,19,20). The van der Waals surface area contributed by atoms with Crippen LogP contribution >= 0.6 is 22.6 Å². The Labute approximate surface area is 137 Å². The van der Waals surface area contributed by atoms with E-state index in [2.05, 4.69) is 54.8 Å². The first-order chi connectivity index (χ1) is 10.2. The van der Waals surface area contributed by atoms with E-state index in [1.807, 2.05) is 31.2 Å². The number of ether oxygens (including phenoxy) is 1. The Bertz CT molecular complexity index is 603. The number of aromatic nitrogens is 3. The van der Waals surface area contributed by atoms with Gasteiger partial charge < -0.3 is 15.4 Å². The summed E-state index contributed by atoms with van der Waals surface area (Å²) in [6, 6.07) is 8.22. The molecule has 6 nitrogen and oxygen atoms in total. The number of nitrogens with one attached hydrogen (secondary N) is 2. The van der Waals surface area contributed by atoms with E-state index >= 15 is 0 Å². The molecule has 0 spiro atoms. The average Bonchev–Trinajstić information content (AvgIpc) is 2.48. The number of rotatable bonds is 7. The number of benzene rings is 1. The molecule has 1 aromatic heterocycles. The highest BCUT2D eigenvalue weighted by Crippen LogP contribution is 2.17. The van der Waals surface area contributed by atoms with Gasteiger partial charge in [0.25, 0.3) is 0 Å². The molecule has 2 aromatic rings. The van der Waals surface area contributed by atoms with Crippen molar-refractivity contribution in [3.05, 3.63) is 40.5 Å². The molecule has 0 amide bonds. The number of halogens is 1. The zero-order valence-electron chi connectivity index (χ0n) is 11.6. The van der Waals surface area contributed by atoms with Crippen molar-refractivity contribution in [2.24, 2.45) is 0 Å². The molecular weight excluding hydrogens is 381 g/mol. The van der Waals surface area contributed by atoms with Crippen molar-refractivity contribution in [2.45, 2.75) is 6.92 Å². The Hall–Kier alpha value is -1.90. The summed E-state index contributed by atoms with van der Waals surface area (Å²) in [4.78, 5) is 12.7. The molecule has 0 aliphatic rings. The second-order valence-corrected chi connectivity index (χ2v) is 5.25. The summed E-state index contributed by atoms with van der Waals surface area (Å²) in [5.74, 6) is 0.877. The lowest BCUT2D eigenvalue weighted by atomic mass is 10.3. The third-order valence-electron chi connectivity index (χ3n) is 2.39. The van der Waals surface area contributed by atoms with Crippen molar-refractivity contribution in [3.8, 4) is 6.01 Å². The van der Waals surface area contributed by atoms with E-state index in [1.54, 1.807) is 6.08 Å². The molecule has 0 atom stereocenters. The zero-order chi connectivity index (χ0) is 15.1. The van der Waals surface area contributed by atoms with Gasteiger partial charge >= 0.3 is 6.01 Å². The second-order valence-electron chi connectivity index (χ2n) is 4.00. The Balaban J connectivity index is 2.21. The van der Waals surface area contributed by atoms with E-state index in [9.17, 15) is 0 Å². The van der Waals surface area contributed by atoms with Crippen LogP contribution in [0.1, 0.15) is 6.92 Å². The van der Waals surface area contributed by atoms with E-state index in [-0.39, 0.29) is 6.01 Å². The quantitative estimate of drug-likeness (QED) is 0.552. The molecule has 0 saturated heterocycles. The van der Waals surface area contributed by atoms with E-state index in [4.69, 9.17) is 4.74 Å². The molecule has 110 valence electrons. The molecule has 0 saturated carbocycles. The smallest absolute Gasteiger partial charge is 0.323 e. The highest BCUT2D eigenvalue weighted by atomic mass is 127. The largest absolute Gasteiger partial charge is 0.464 e. The van der Waals surface area contributed by atoms with E-state index in [1.165, 1.54) is 0 Å². The van der Waals surface area contributed by atoms with Gasteiger partial charge in [0.1, 0.15) is 0 Å². The maximum Gasteiger partial charge on any atom is 0.323 e. The van der Waals surface area contributed by atoms with Crippen LogP contribution in [-0.4, -0.2) is 28.1 Å². The average molecular weight is 397 g/mol. The minimum atomic E-state index is 0.284. The van der Waals surface area contributed by atoms with E-state index in [0.717, 1.165) is 9.26 Å². The number of hydrogen-bond acceptors (Lipinski definition) is 6. The lowest BCUT2D eigenvalue weighted by Crippen LogP contribution is -2.09. The van der Waals surface area contributed by atoms with Gasteiger partial charge in [-0.25, -0.2) is 0 Å². The lowest BCUT2D eigenvalue weighted by Gasteiger charge is -2.09. The molecule has 21 heavy (non-hydrogen) atoms. The van der Waals surface area contributed by atoms with Crippen LogP contribution in [0.4, 0.5) is 17.6 Å². The maximum atomic E-state index is 5.35. The topological polar surface area (TPSA) is 72.0 Å². The minimum Gasteiger partial charge on any atom is -0.464 e. The summed E-state index contributed by atoms with van der Waals surface area (Å²) in [6.45, 7) is 6.60. The Morgan fingerprint density at radius 3 is 2.57 bits per heavy atom. The monoisotopic (exact) mass is 397 g/mol. The van der Waals surface area contributed by atoms with Crippen LogP contribution < -0.4 is 15.4 Å². The first-order valence-corrected chi connectivity index (χ1v) is 7.55. The molecule has 0 radical (unpaired) electrons. The van der Waals surface area contributed by atoms with E-state index < -0.39 is 0 Å². The van der Waals surface area contributed by atoms with Crippen molar-refractivity contribution in [1.29, 1.82) is 0 Å². The highest BCUT2D eigenvalue weighted by Gasteiger charge is 2.07. The van der Waals surface area contributed by atoms with Gasteiger partial charge in [0, 0.05) is 15.8 Å². The van der Waals surface area contributed by atoms with Crippen LogP contribution in [0, 0.1) is 3.57 Å². The summed E-state index contributed by atoms with van der Waals surface area (Å²) >= 11 is 2.26. The Kier molecular flexibility index (Phi) is 5.73. The van der Waals surface area contributed by atoms with Gasteiger partial charge in [-0.3, -0.25) is 0 Å². The maximum absolute atomic E-state index is 5.35. The van der Waals surface area contributed by atoms with Crippen LogP contribution in [0.5, 0.6) is 6.01 Å². The summed E-state index contributed by atoms with van der Waals surface area (Å²) < 4.78 is 6.52. The van der Waals surface area contributed by atoms with Crippen LogP contribution in [0.25, 0.3) is 0 Å². The summed E-state index contributed by atoms with van der Waals surface area (Å²) in [7, 11) is 0. The van der Waals surface area contributed by atoms with Crippen LogP contribution in [0.15, 0.2) is 36.9 Å². The molecule has 0 aliphatic carbocycles. The number of nitrogens with zero attached hydrogens (tertiary/aromatic N) is 3. The van der Waals surface area contributed by atoms with Gasteiger partial charge in [-0.05, 0) is 53.8 Å². The van der Waals surface area contributed by atoms with Gasteiger partial charge in [-0.1, -0.05) is 6.08 Å². The fraction of sp³-hybridized carbons (Fsp3) is 0.214. The fourth-order valence-electron chi connectivity index (χ4n) is 1.51. The molecule has 0 fully saturated rings. The number of hydrogen-bond donors (Lipinski definition) is 2. The molecule has 2 rings (SSSR count). The van der Waals surface area contributed by atoms with Crippen LogP contribution in [0.3, 0.4) is 0 Å². The summed E-state index contributed by atoms with van der Waals surface area (Å²) in [5, 5.41) is 6.16. The van der Waals surface area contributed by atoms with Gasteiger partial charge in [-0.15, -0.1) is 6.58 Å². The van der Waals surface area contributed by atoms with Crippen molar-refractivity contribution in [2.75, 3.05) is 23.8 Å². The molecule has 1 aromatic carbocycles. The number of anilines is 3. The summed E-state index contributed by atoms with van der Waals surface area (Å²) in [6.07, 6.45) is 1.73. The molecule has 0 aliphatic heterocycles. The summed E-state index contributed by atoms with van der Waals surface area (Å²) in [5.41, 5.74) is 0.902. The Morgan fingerprint density at radius 2 is 1.90 bits per heavy atom. The third kappa shape index (κ3) is 4.85. The molecule has 2 N–H and O–H groups in total. The zero-order valence-corrected chi connectivity index (χ0v) is 13.8. The van der Waals surface area contributed by atoms with Crippen molar-refractivity contribution in [1.82, 2.24) is 15.0 Å². The third-order valence-corrected chi connectivity index (χ3v) is 3.11. The van der Waals surface area contributed by atoms with Gasteiger partial charge in [-0.2, -0.15) is 15.0 Å². The molecule has 0 unspecified atom stereocenters. The Morgan fingerprint density at radius 1 is 1.19 bits per heavy atom. The van der Waals surface area contributed by atoms with Crippen molar-refractivity contribution >= 4 is 40.2 Å². The van der Waals surface area contributed by atoms with Crippen LogP contribution in [-0.2, 0) is 0 Å². The molecule has 1 heterocycles. The molecular formula is C14H16IN5O. The van der Waals surface area contributed by atoms with E-state index in [0.29, 0.717) is 25.0 Å². The first-order valence-electron chi connectivity index (χ1n) is 6.47. The molecule has 0 bridgehead atoms. The lowest BCUT2D eigenvalue weighted by molar-refractivity contribution is 0.312. The molecule has 7 heteroatoms. The predicted octanol–water partition coefficient (Wildman–Crippen LogP) is 3.22. The van der Waals surface area contributed by atoms with Crippen LogP contribution in [0.2, 0.25) is 0 Å². The SMILES string of the molecule is C=CCNc1nc(Nc2ccc(I)cc2)nc(OCC)n1. The fourth-order valence-corrected chi connectivity index (χ4v) is 1.87. The normalized spacial score (nSPS) is 10.0. The minimum absolute atomic E-state index is 0.284. The van der Waals surface area contributed by atoms with Gasteiger partial charge in [0.05, 0.1) is 6.61 Å². The predicted molar refractivity (Wildman–Crippen MR) is 92.1 cm³/mol. The van der Waals surface area contributed by atoms with Gasteiger partial charge in [0.2, 0.25) is 11.9 Å². The second kappa shape index (κ2) is 7.77. The highest BCUT2D eigenvalue weighted by molar-refractivity contribution is 14.1. The first kappa shape index (κ1) is 15.5.